The van der Waals surface area contributed by atoms with Gasteiger partial charge in [-0.2, -0.15) is 0 Å². The molecule has 0 bridgehead atoms. The fraction of sp³-hybridized carbons (Fsp3) is 0.100. The first kappa shape index (κ1) is 7.10. The Kier molecular flexibility index (Phi) is 1.47. The van der Waals surface area contributed by atoms with Gasteiger partial charge in [-0.1, -0.05) is 0 Å². The lowest BCUT2D eigenvalue weighted by atomic mass is 10.2. The Morgan fingerprint density at radius 1 is 1.42 bits per heavy atom. The molecule has 0 unspecified atom stereocenters. The Bertz CT molecular complexity index is 468. The minimum absolute atomic E-state index is 0.312. The highest BCUT2D eigenvalue weighted by atomic mass is 16.4. The Balaban J connectivity index is 2.89. The summed E-state index contributed by atoms with van der Waals surface area (Å²) in [6, 6.07) is 9.79. The molecule has 0 spiro atoms. The van der Waals surface area contributed by atoms with Gasteiger partial charge in [-0.05, 0) is 36.8 Å². The molecule has 1 aromatic heterocycles. The maximum Gasteiger partial charge on any atom is 0.336 e. The van der Waals surface area contributed by atoms with E-state index < -0.39 is 0 Å². The van der Waals surface area contributed by atoms with Crippen LogP contribution in [-0.4, -0.2) is 0 Å². The SMILES string of the molecule is Cc1[c]cc2ccc(=O)oc2c1. The molecule has 0 aliphatic carbocycles. The summed E-state index contributed by atoms with van der Waals surface area (Å²) in [4.78, 5) is 10.8. The van der Waals surface area contributed by atoms with Gasteiger partial charge in [0.2, 0.25) is 0 Å². The normalized spacial score (nSPS) is 10.4. The highest BCUT2D eigenvalue weighted by Gasteiger charge is 1.95. The number of fused-ring (bicyclic) bond motifs is 1. The maximum atomic E-state index is 10.8. The smallest absolute Gasteiger partial charge is 0.336 e. The zero-order valence-electron chi connectivity index (χ0n) is 6.63. The zero-order valence-corrected chi connectivity index (χ0v) is 6.63. The van der Waals surface area contributed by atoms with Crippen LogP contribution in [0, 0.1) is 13.0 Å². The van der Waals surface area contributed by atoms with Crippen molar-refractivity contribution < 1.29 is 4.42 Å². The summed E-state index contributed by atoms with van der Waals surface area (Å²) in [5.74, 6) is 0. The topological polar surface area (TPSA) is 30.2 Å². The lowest BCUT2D eigenvalue weighted by Gasteiger charge is -1.95. The molecule has 0 amide bonds. The molecule has 59 valence electrons. The van der Waals surface area contributed by atoms with Gasteiger partial charge in [0.25, 0.3) is 0 Å². The van der Waals surface area contributed by atoms with E-state index in [1.165, 1.54) is 6.07 Å². The lowest BCUT2D eigenvalue weighted by molar-refractivity contribution is 0.561. The van der Waals surface area contributed by atoms with E-state index in [0.29, 0.717) is 5.58 Å². The van der Waals surface area contributed by atoms with Crippen LogP contribution in [0.4, 0.5) is 0 Å². The quantitative estimate of drug-likeness (QED) is 0.549. The molecule has 1 aromatic carbocycles. The minimum Gasteiger partial charge on any atom is -0.423 e. The summed E-state index contributed by atoms with van der Waals surface area (Å²) in [6.07, 6.45) is 0. The van der Waals surface area contributed by atoms with Crippen molar-refractivity contribution in [3.8, 4) is 0 Å². The molecule has 0 N–H and O–H groups in total. The van der Waals surface area contributed by atoms with Crippen molar-refractivity contribution >= 4 is 11.0 Å². The second-order valence-electron chi connectivity index (χ2n) is 2.69. The molecular weight excluding hydrogens is 152 g/mol. The summed E-state index contributed by atoms with van der Waals surface area (Å²) in [7, 11) is 0. The Labute approximate surface area is 69.4 Å². The molecule has 0 aliphatic heterocycles. The number of benzene rings is 1. The monoisotopic (exact) mass is 159 g/mol. The van der Waals surface area contributed by atoms with Gasteiger partial charge in [0, 0.05) is 11.5 Å². The van der Waals surface area contributed by atoms with Crippen LogP contribution in [0.25, 0.3) is 11.0 Å². The fourth-order valence-electron chi connectivity index (χ4n) is 1.10. The van der Waals surface area contributed by atoms with Crippen molar-refractivity contribution in [1.29, 1.82) is 0 Å². The van der Waals surface area contributed by atoms with Gasteiger partial charge in [-0.3, -0.25) is 0 Å². The highest BCUT2D eigenvalue weighted by Crippen LogP contribution is 2.12. The number of hydrogen-bond acceptors (Lipinski definition) is 2. The summed E-state index contributed by atoms with van der Waals surface area (Å²) < 4.78 is 4.97. The molecule has 2 rings (SSSR count). The summed E-state index contributed by atoms with van der Waals surface area (Å²) in [5.41, 5.74) is 1.28. The minimum atomic E-state index is -0.312. The summed E-state index contributed by atoms with van der Waals surface area (Å²) in [6.45, 7) is 1.91. The average molecular weight is 159 g/mol. The van der Waals surface area contributed by atoms with Crippen LogP contribution in [0.3, 0.4) is 0 Å². The first-order valence-electron chi connectivity index (χ1n) is 3.68. The Morgan fingerprint density at radius 3 is 3.08 bits per heavy atom. The van der Waals surface area contributed by atoms with Crippen molar-refractivity contribution in [2.24, 2.45) is 0 Å². The second-order valence-corrected chi connectivity index (χ2v) is 2.69. The van der Waals surface area contributed by atoms with Gasteiger partial charge < -0.3 is 4.42 Å². The molecule has 0 saturated carbocycles. The van der Waals surface area contributed by atoms with E-state index in [1.54, 1.807) is 12.1 Å². The molecule has 1 radical (unpaired) electrons. The van der Waals surface area contributed by atoms with Crippen molar-refractivity contribution in [2.75, 3.05) is 0 Å². The first-order valence-corrected chi connectivity index (χ1v) is 3.68. The van der Waals surface area contributed by atoms with E-state index in [0.717, 1.165) is 10.9 Å². The van der Waals surface area contributed by atoms with Crippen LogP contribution in [-0.2, 0) is 0 Å². The van der Waals surface area contributed by atoms with Gasteiger partial charge in [0.05, 0.1) is 0 Å². The van der Waals surface area contributed by atoms with E-state index in [9.17, 15) is 4.79 Å². The highest BCUT2D eigenvalue weighted by molar-refractivity contribution is 5.76. The third-order valence-corrected chi connectivity index (χ3v) is 1.70. The predicted octanol–water partition coefficient (Wildman–Crippen LogP) is 1.90. The summed E-state index contributed by atoms with van der Waals surface area (Å²) >= 11 is 0. The number of aryl methyl sites for hydroxylation is 1. The standard InChI is InChI=1S/C10H7O2/c1-7-2-3-8-4-5-10(11)12-9(8)6-7/h3-6H,1H3. The van der Waals surface area contributed by atoms with E-state index in [4.69, 9.17) is 4.42 Å². The molecule has 0 atom stereocenters. The van der Waals surface area contributed by atoms with Gasteiger partial charge in [0.15, 0.2) is 0 Å². The van der Waals surface area contributed by atoms with Crippen molar-refractivity contribution in [3.63, 3.8) is 0 Å². The third-order valence-electron chi connectivity index (χ3n) is 1.70. The van der Waals surface area contributed by atoms with Crippen LogP contribution in [0.15, 0.2) is 33.5 Å². The Hall–Kier alpha value is -1.57. The molecule has 12 heavy (non-hydrogen) atoms. The summed E-state index contributed by atoms with van der Waals surface area (Å²) in [5, 5.41) is 0.903. The van der Waals surface area contributed by atoms with Gasteiger partial charge in [-0.25, -0.2) is 4.79 Å². The third kappa shape index (κ3) is 1.11. The maximum absolute atomic E-state index is 10.8. The molecule has 0 saturated heterocycles. The van der Waals surface area contributed by atoms with E-state index in [1.807, 2.05) is 13.0 Å². The Morgan fingerprint density at radius 2 is 2.25 bits per heavy atom. The van der Waals surface area contributed by atoms with Crippen LogP contribution in [0.2, 0.25) is 0 Å². The van der Waals surface area contributed by atoms with Gasteiger partial charge in [-0.15, -0.1) is 0 Å². The molecule has 2 aromatic rings. The van der Waals surface area contributed by atoms with Gasteiger partial charge in [0.1, 0.15) is 5.58 Å². The largest absolute Gasteiger partial charge is 0.423 e. The van der Waals surface area contributed by atoms with Crippen LogP contribution >= 0.6 is 0 Å². The van der Waals surface area contributed by atoms with E-state index >= 15 is 0 Å². The van der Waals surface area contributed by atoms with Crippen LogP contribution < -0.4 is 5.63 Å². The molecule has 0 aliphatic rings. The van der Waals surface area contributed by atoms with Crippen LogP contribution in [0.1, 0.15) is 5.56 Å². The molecular formula is C10H7O2. The molecule has 0 fully saturated rings. The number of rotatable bonds is 0. The van der Waals surface area contributed by atoms with Gasteiger partial charge >= 0.3 is 5.63 Å². The number of hydrogen-bond donors (Lipinski definition) is 0. The van der Waals surface area contributed by atoms with E-state index in [-0.39, 0.29) is 5.63 Å². The lowest BCUT2D eigenvalue weighted by Crippen LogP contribution is -1.94. The average Bonchev–Trinajstić information content (AvgIpc) is 2.03. The van der Waals surface area contributed by atoms with Crippen molar-refractivity contribution in [3.05, 3.63) is 46.3 Å². The van der Waals surface area contributed by atoms with Crippen molar-refractivity contribution in [1.82, 2.24) is 0 Å². The zero-order chi connectivity index (χ0) is 8.55. The molecule has 2 nitrogen and oxygen atoms in total. The van der Waals surface area contributed by atoms with Crippen molar-refractivity contribution in [2.45, 2.75) is 6.92 Å². The first-order chi connectivity index (χ1) is 5.75. The van der Waals surface area contributed by atoms with E-state index in [2.05, 4.69) is 6.07 Å². The molecule has 2 heteroatoms. The van der Waals surface area contributed by atoms with Crippen LogP contribution in [0.5, 0.6) is 0 Å². The predicted molar refractivity (Wildman–Crippen MR) is 46.1 cm³/mol. The molecule has 1 heterocycles. The second kappa shape index (κ2) is 2.48. The fourth-order valence-corrected chi connectivity index (χ4v) is 1.10.